The molecule has 0 saturated heterocycles. The number of nitrogens with zero attached hydrogens (tertiary/aromatic N) is 1. The summed E-state index contributed by atoms with van der Waals surface area (Å²) in [5.74, 6) is 0. The summed E-state index contributed by atoms with van der Waals surface area (Å²) < 4.78 is 0. The van der Waals surface area contributed by atoms with Crippen molar-refractivity contribution in [2.24, 2.45) is 0 Å². The molecule has 0 spiro atoms. The van der Waals surface area contributed by atoms with Gasteiger partial charge >= 0.3 is 0 Å². The van der Waals surface area contributed by atoms with E-state index < -0.39 is 0 Å². The van der Waals surface area contributed by atoms with Gasteiger partial charge in [-0.1, -0.05) is 153 Å². The second-order valence-corrected chi connectivity index (χ2v) is 13.4. The van der Waals surface area contributed by atoms with Gasteiger partial charge in [-0.2, -0.15) is 0 Å². The highest BCUT2D eigenvalue weighted by atomic mass is 15.1. The first-order chi connectivity index (χ1) is 23.6. The lowest BCUT2D eigenvalue weighted by Gasteiger charge is -2.28. The van der Waals surface area contributed by atoms with Crippen molar-refractivity contribution in [1.82, 2.24) is 0 Å². The van der Waals surface area contributed by atoms with Crippen LogP contribution in [-0.4, -0.2) is 0 Å². The lowest BCUT2D eigenvalue weighted by atomic mass is 9.81. The summed E-state index contributed by atoms with van der Waals surface area (Å²) in [5, 5.41) is 4.93. The third-order valence-electron chi connectivity index (χ3n) is 10.2. The Bertz CT molecular complexity index is 2460. The van der Waals surface area contributed by atoms with Crippen LogP contribution in [0.15, 0.2) is 176 Å². The average Bonchev–Trinajstić information content (AvgIpc) is 3.37. The van der Waals surface area contributed by atoms with Crippen LogP contribution in [0, 0.1) is 0 Å². The maximum atomic E-state index is 2.44. The Morgan fingerprint density at radius 1 is 0.375 bits per heavy atom. The Balaban J connectivity index is 1.25. The molecule has 48 heavy (non-hydrogen) atoms. The van der Waals surface area contributed by atoms with E-state index in [1.54, 1.807) is 0 Å². The van der Waals surface area contributed by atoms with Crippen LogP contribution in [0.4, 0.5) is 17.1 Å². The van der Waals surface area contributed by atoms with Gasteiger partial charge in [0, 0.05) is 22.2 Å². The number of hydrogen-bond acceptors (Lipinski definition) is 1. The smallest absolute Gasteiger partial charge is 0.0546 e. The zero-order valence-corrected chi connectivity index (χ0v) is 27.2. The highest BCUT2D eigenvalue weighted by molar-refractivity contribution is 6.08. The van der Waals surface area contributed by atoms with E-state index in [-0.39, 0.29) is 5.41 Å². The van der Waals surface area contributed by atoms with Crippen LogP contribution in [0.3, 0.4) is 0 Å². The summed E-state index contributed by atoms with van der Waals surface area (Å²) in [6.45, 7) is 4.72. The maximum absolute atomic E-state index is 2.44. The molecule has 0 unspecified atom stereocenters. The molecule has 228 valence electrons. The third kappa shape index (κ3) is 4.54. The molecule has 1 aliphatic rings. The Kier molecular flexibility index (Phi) is 6.55. The predicted octanol–water partition coefficient (Wildman–Crippen LogP) is 13.1. The number of rotatable bonds is 5. The molecule has 1 heteroatoms. The van der Waals surface area contributed by atoms with Crippen LogP contribution in [0.5, 0.6) is 0 Å². The van der Waals surface area contributed by atoms with Crippen LogP contribution >= 0.6 is 0 Å². The molecule has 0 radical (unpaired) electrons. The Morgan fingerprint density at radius 3 is 1.81 bits per heavy atom. The van der Waals surface area contributed by atoms with E-state index in [0.717, 1.165) is 17.1 Å². The van der Waals surface area contributed by atoms with E-state index in [4.69, 9.17) is 0 Å². The van der Waals surface area contributed by atoms with Crippen molar-refractivity contribution in [3.63, 3.8) is 0 Å². The summed E-state index contributed by atoms with van der Waals surface area (Å²) >= 11 is 0. The fourth-order valence-electron chi connectivity index (χ4n) is 7.80. The lowest BCUT2D eigenvalue weighted by molar-refractivity contribution is 0.660. The number of fused-ring (bicyclic) bond motifs is 5. The van der Waals surface area contributed by atoms with Crippen molar-refractivity contribution in [3.8, 4) is 33.4 Å². The maximum Gasteiger partial charge on any atom is 0.0546 e. The molecule has 0 bridgehead atoms. The van der Waals surface area contributed by atoms with E-state index in [1.807, 2.05) is 0 Å². The molecule has 1 aliphatic carbocycles. The first-order valence-electron chi connectivity index (χ1n) is 16.8. The van der Waals surface area contributed by atoms with E-state index in [0.29, 0.717) is 0 Å². The quantitative estimate of drug-likeness (QED) is 0.187. The van der Waals surface area contributed by atoms with Crippen LogP contribution in [-0.2, 0) is 5.41 Å². The Morgan fingerprint density at radius 2 is 0.979 bits per heavy atom. The minimum absolute atomic E-state index is 0.0625. The van der Waals surface area contributed by atoms with Gasteiger partial charge in [0.05, 0.1) is 5.69 Å². The van der Waals surface area contributed by atoms with Crippen molar-refractivity contribution >= 4 is 38.6 Å². The van der Waals surface area contributed by atoms with Crippen LogP contribution in [0.2, 0.25) is 0 Å². The van der Waals surface area contributed by atoms with Gasteiger partial charge in [-0.05, 0) is 97.1 Å². The summed E-state index contributed by atoms with van der Waals surface area (Å²) in [6, 6.07) is 64.4. The van der Waals surface area contributed by atoms with Crippen molar-refractivity contribution in [1.29, 1.82) is 0 Å². The van der Waals surface area contributed by atoms with Gasteiger partial charge in [-0.25, -0.2) is 0 Å². The molecule has 0 aromatic heterocycles. The fourth-order valence-corrected chi connectivity index (χ4v) is 7.80. The molecule has 0 aliphatic heterocycles. The number of benzene rings is 8. The van der Waals surface area contributed by atoms with E-state index >= 15 is 0 Å². The van der Waals surface area contributed by atoms with Crippen molar-refractivity contribution < 1.29 is 0 Å². The van der Waals surface area contributed by atoms with Gasteiger partial charge in [0.25, 0.3) is 0 Å². The van der Waals surface area contributed by atoms with Crippen molar-refractivity contribution in [2.45, 2.75) is 19.3 Å². The molecule has 8 aromatic rings. The summed E-state index contributed by atoms with van der Waals surface area (Å²) in [6.07, 6.45) is 0. The Labute approximate surface area is 282 Å². The summed E-state index contributed by atoms with van der Waals surface area (Å²) in [5.41, 5.74) is 13.7. The van der Waals surface area contributed by atoms with Crippen molar-refractivity contribution in [2.75, 3.05) is 4.90 Å². The van der Waals surface area contributed by atoms with Gasteiger partial charge < -0.3 is 4.90 Å². The van der Waals surface area contributed by atoms with E-state index in [9.17, 15) is 0 Å². The topological polar surface area (TPSA) is 3.24 Å². The monoisotopic (exact) mass is 613 g/mol. The first-order valence-corrected chi connectivity index (χ1v) is 16.8. The molecule has 1 nitrogen and oxygen atoms in total. The molecule has 0 atom stereocenters. The SMILES string of the molecule is CC1(C)c2ccccc2-c2ccc(-c3cccc4cccc(N(c5ccc(-c6ccccc6)cc5)c5ccc6ccccc6c5)c34)cc21. The van der Waals surface area contributed by atoms with Gasteiger partial charge in [-0.3, -0.25) is 0 Å². The van der Waals surface area contributed by atoms with E-state index in [1.165, 1.54) is 66.1 Å². The molecule has 0 saturated carbocycles. The summed E-state index contributed by atoms with van der Waals surface area (Å²) in [7, 11) is 0. The van der Waals surface area contributed by atoms with Gasteiger partial charge in [-0.15, -0.1) is 0 Å². The fraction of sp³-hybridized carbons (Fsp3) is 0.0638. The highest BCUT2D eigenvalue weighted by Gasteiger charge is 2.35. The molecular weight excluding hydrogens is 579 g/mol. The van der Waals surface area contributed by atoms with Crippen LogP contribution in [0.1, 0.15) is 25.0 Å². The first kappa shape index (κ1) is 28.3. The normalized spacial score (nSPS) is 13.0. The lowest BCUT2D eigenvalue weighted by Crippen LogP contribution is -2.15. The molecule has 0 amide bonds. The molecule has 0 heterocycles. The van der Waals surface area contributed by atoms with Crippen molar-refractivity contribution in [3.05, 3.63) is 187 Å². The molecule has 0 fully saturated rings. The Hall–Kier alpha value is -5.92. The zero-order valence-electron chi connectivity index (χ0n) is 27.2. The van der Waals surface area contributed by atoms with Crippen LogP contribution < -0.4 is 4.90 Å². The average molecular weight is 614 g/mol. The highest BCUT2D eigenvalue weighted by Crippen LogP contribution is 2.50. The second-order valence-electron chi connectivity index (χ2n) is 13.4. The van der Waals surface area contributed by atoms with E-state index in [2.05, 4.69) is 195 Å². The third-order valence-corrected chi connectivity index (χ3v) is 10.2. The second kappa shape index (κ2) is 11.1. The molecule has 0 N–H and O–H groups in total. The van der Waals surface area contributed by atoms with Gasteiger partial charge in [0.1, 0.15) is 0 Å². The van der Waals surface area contributed by atoms with Crippen LogP contribution in [0.25, 0.3) is 54.9 Å². The largest absolute Gasteiger partial charge is 0.310 e. The van der Waals surface area contributed by atoms with Gasteiger partial charge in [0.15, 0.2) is 0 Å². The minimum Gasteiger partial charge on any atom is -0.310 e. The number of anilines is 3. The standard InChI is InChI=1S/C47H35N/c1-47(2)43-20-9-8-18-41(43)42-29-25-37(31-44(42)47)40-19-10-16-35-17-11-21-45(46(35)40)48(39-28-24-33-14-6-7-15-36(33)30-39)38-26-22-34(23-27-38)32-12-4-3-5-13-32/h3-31H,1-2H3. The predicted molar refractivity (Wildman–Crippen MR) is 205 cm³/mol. The minimum atomic E-state index is -0.0625. The molecule has 9 rings (SSSR count). The summed E-state index contributed by atoms with van der Waals surface area (Å²) in [4.78, 5) is 2.43. The molecular formula is C47H35N. The number of hydrogen-bond donors (Lipinski definition) is 0. The molecule has 8 aromatic carbocycles. The van der Waals surface area contributed by atoms with Gasteiger partial charge in [0.2, 0.25) is 0 Å². The zero-order chi connectivity index (χ0) is 32.2.